The van der Waals surface area contributed by atoms with Crippen molar-refractivity contribution in [1.82, 2.24) is 0 Å². The molecule has 0 unspecified atom stereocenters. The maximum atomic E-state index is 2.38. The molecule has 3 rings (SSSR count). The minimum atomic E-state index is 1.24. The number of hydrogen-bond acceptors (Lipinski definition) is 1. The Morgan fingerprint density at radius 3 is 2.62 bits per heavy atom. The van der Waals surface area contributed by atoms with Gasteiger partial charge in [0.25, 0.3) is 0 Å². The molecule has 0 fully saturated rings. The van der Waals surface area contributed by atoms with Gasteiger partial charge in [0.05, 0.1) is 4.88 Å². The number of hydrogen-bond donors (Lipinski definition) is 0. The van der Waals surface area contributed by atoms with E-state index in [0.29, 0.717) is 0 Å². The normalized spacial score (nSPS) is 15.5. The molecule has 0 saturated carbocycles. The Labute approximate surface area is 100 Å². The summed E-state index contributed by atoms with van der Waals surface area (Å²) in [7, 11) is 0. The largest absolute Gasteiger partial charge is 0.231 e. The zero-order valence-corrected chi connectivity index (χ0v) is 10.2. The van der Waals surface area contributed by atoms with Gasteiger partial charge in [0.2, 0.25) is 16.9 Å². The minimum Gasteiger partial charge on any atom is -0.154 e. The average molecular weight is 230 g/mol. The molecular weight excluding hydrogens is 214 g/mol. The fourth-order valence-electron chi connectivity index (χ4n) is 2.41. The number of para-hydroxylation sites is 1. The summed E-state index contributed by atoms with van der Waals surface area (Å²) in [5.41, 5.74) is 5.13. The molecule has 1 aliphatic carbocycles. The fraction of sp³-hybridized carbons (Fsp3) is 0.357. The number of thiazole rings is 1. The number of aryl methyl sites for hydroxylation is 1. The third-order valence-electron chi connectivity index (χ3n) is 3.26. The molecule has 2 aromatic rings. The first-order chi connectivity index (χ1) is 7.95. The van der Waals surface area contributed by atoms with E-state index in [9.17, 15) is 0 Å². The van der Waals surface area contributed by atoms with Gasteiger partial charge in [-0.1, -0.05) is 36.0 Å². The summed E-state index contributed by atoms with van der Waals surface area (Å²) in [6.07, 6.45) is 6.61. The van der Waals surface area contributed by atoms with Crippen LogP contribution in [0.5, 0.6) is 0 Å². The maximum absolute atomic E-state index is 2.38. The van der Waals surface area contributed by atoms with Crippen molar-refractivity contribution in [1.29, 1.82) is 0 Å². The molecule has 0 radical (unpaired) electrons. The number of benzene rings is 1. The van der Waals surface area contributed by atoms with E-state index in [1.54, 1.807) is 10.6 Å². The first-order valence-electron chi connectivity index (χ1n) is 6.01. The molecule has 1 heterocycles. The third kappa shape index (κ3) is 1.78. The molecule has 1 nitrogen and oxygen atoms in total. The monoisotopic (exact) mass is 230 g/mol. The van der Waals surface area contributed by atoms with Crippen molar-refractivity contribution in [2.75, 3.05) is 0 Å². The third-order valence-corrected chi connectivity index (χ3v) is 4.31. The van der Waals surface area contributed by atoms with Crippen LogP contribution in [0, 0.1) is 0 Å². The lowest BCUT2D eigenvalue weighted by Gasteiger charge is -1.96. The molecule has 2 heteroatoms. The van der Waals surface area contributed by atoms with Gasteiger partial charge in [-0.3, -0.25) is 0 Å². The van der Waals surface area contributed by atoms with Crippen LogP contribution >= 0.6 is 11.3 Å². The summed E-state index contributed by atoms with van der Waals surface area (Å²) in [6.45, 7) is 0. The first-order valence-corrected chi connectivity index (χ1v) is 6.89. The molecular formula is C14H16NS+. The second-order valence-electron chi connectivity index (χ2n) is 4.36. The highest BCUT2D eigenvalue weighted by Crippen LogP contribution is 2.22. The lowest BCUT2D eigenvalue weighted by molar-refractivity contribution is -0.599. The van der Waals surface area contributed by atoms with Crippen molar-refractivity contribution in [2.24, 2.45) is 0 Å². The molecule has 0 N–H and O–H groups in total. The van der Waals surface area contributed by atoms with Gasteiger partial charge in [0.1, 0.15) is 0 Å². The van der Waals surface area contributed by atoms with Crippen molar-refractivity contribution in [3.8, 4) is 5.69 Å². The molecule has 1 aromatic heterocycles. The molecule has 0 atom stereocenters. The highest BCUT2D eigenvalue weighted by Gasteiger charge is 2.22. The van der Waals surface area contributed by atoms with Crippen molar-refractivity contribution in [3.63, 3.8) is 0 Å². The van der Waals surface area contributed by atoms with Crippen molar-refractivity contribution < 1.29 is 4.57 Å². The molecule has 1 aliphatic rings. The van der Waals surface area contributed by atoms with Gasteiger partial charge in [0.15, 0.2) is 0 Å². The Bertz CT molecular complexity index is 473. The van der Waals surface area contributed by atoms with E-state index in [1.807, 2.05) is 11.3 Å². The van der Waals surface area contributed by atoms with Crippen LogP contribution in [0.25, 0.3) is 5.69 Å². The Morgan fingerprint density at radius 2 is 1.75 bits per heavy atom. The summed E-state index contributed by atoms with van der Waals surface area (Å²) in [6, 6.07) is 10.7. The van der Waals surface area contributed by atoms with Crippen LogP contribution in [0.2, 0.25) is 0 Å². The van der Waals surface area contributed by atoms with Crippen LogP contribution in [-0.4, -0.2) is 0 Å². The molecule has 16 heavy (non-hydrogen) atoms. The molecule has 0 amide bonds. The fourth-order valence-corrected chi connectivity index (χ4v) is 3.49. The van der Waals surface area contributed by atoms with Crippen LogP contribution in [-0.2, 0) is 12.8 Å². The van der Waals surface area contributed by atoms with E-state index in [1.165, 1.54) is 37.8 Å². The van der Waals surface area contributed by atoms with Gasteiger partial charge in [-0.2, -0.15) is 4.57 Å². The first kappa shape index (κ1) is 10.0. The SMILES string of the molecule is c1ccc(-[n+]2csc3c2CCCCC3)cc1. The zero-order chi connectivity index (χ0) is 10.8. The molecule has 0 saturated heterocycles. The van der Waals surface area contributed by atoms with Gasteiger partial charge >= 0.3 is 0 Å². The molecule has 1 aromatic carbocycles. The lowest BCUT2D eigenvalue weighted by Crippen LogP contribution is -2.32. The van der Waals surface area contributed by atoms with Crippen LogP contribution in [0.1, 0.15) is 29.8 Å². The van der Waals surface area contributed by atoms with Crippen LogP contribution in [0.3, 0.4) is 0 Å². The van der Waals surface area contributed by atoms with Crippen molar-refractivity contribution in [3.05, 3.63) is 46.4 Å². The standard InChI is InChI=1S/C14H16NS/c1-3-7-12(8-4-1)15-11-16-14-10-6-2-5-9-13(14)15/h1,3-4,7-8,11H,2,5-6,9-10H2/q+1. The highest BCUT2D eigenvalue weighted by molar-refractivity contribution is 7.09. The van der Waals surface area contributed by atoms with Gasteiger partial charge in [-0.15, -0.1) is 0 Å². The second kappa shape index (κ2) is 4.38. The maximum Gasteiger partial charge on any atom is 0.231 e. The number of nitrogens with zero attached hydrogens (tertiary/aromatic N) is 1. The van der Waals surface area contributed by atoms with Crippen LogP contribution in [0.15, 0.2) is 35.8 Å². The Morgan fingerprint density at radius 1 is 0.938 bits per heavy atom. The highest BCUT2D eigenvalue weighted by atomic mass is 32.1. The van der Waals surface area contributed by atoms with Gasteiger partial charge < -0.3 is 0 Å². The van der Waals surface area contributed by atoms with Crippen LogP contribution in [0.4, 0.5) is 0 Å². The molecule has 0 aliphatic heterocycles. The van der Waals surface area contributed by atoms with Crippen LogP contribution < -0.4 is 4.57 Å². The smallest absolute Gasteiger partial charge is 0.154 e. The quantitative estimate of drug-likeness (QED) is 0.523. The Balaban J connectivity index is 2.06. The number of fused-ring (bicyclic) bond motifs is 1. The summed E-state index contributed by atoms with van der Waals surface area (Å²) in [5.74, 6) is 0. The zero-order valence-electron chi connectivity index (χ0n) is 9.36. The predicted octanol–water partition coefficient (Wildman–Crippen LogP) is 3.29. The van der Waals surface area contributed by atoms with E-state index in [2.05, 4.69) is 40.4 Å². The van der Waals surface area contributed by atoms with E-state index in [0.717, 1.165) is 0 Å². The molecule has 82 valence electrons. The molecule has 0 spiro atoms. The van der Waals surface area contributed by atoms with E-state index >= 15 is 0 Å². The average Bonchev–Trinajstić information content (AvgIpc) is 2.60. The van der Waals surface area contributed by atoms with E-state index < -0.39 is 0 Å². The lowest BCUT2D eigenvalue weighted by atomic mass is 10.2. The predicted molar refractivity (Wildman–Crippen MR) is 67.1 cm³/mol. The minimum absolute atomic E-state index is 1.24. The van der Waals surface area contributed by atoms with Crippen molar-refractivity contribution in [2.45, 2.75) is 32.1 Å². The topological polar surface area (TPSA) is 3.88 Å². The summed E-state index contributed by atoms with van der Waals surface area (Å²) in [5, 5.41) is 0. The summed E-state index contributed by atoms with van der Waals surface area (Å²) < 4.78 is 2.38. The Kier molecular flexibility index (Phi) is 2.75. The summed E-state index contributed by atoms with van der Waals surface area (Å²) in [4.78, 5) is 1.60. The number of aromatic nitrogens is 1. The van der Waals surface area contributed by atoms with Gasteiger partial charge in [0, 0.05) is 18.6 Å². The van der Waals surface area contributed by atoms with E-state index in [-0.39, 0.29) is 0 Å². The van der Waals surface area contributed by atoms with Gasteiger partial charge in [-0.25, -0.2) is 0 Å². The summed E-state index contributed by atoms with van der Waals surface area (Å²) >= 11 is 1.92. The van der Waals surface area contributed by atoms with Crippen molar-refractivity contribution >= 4 is 11.3 Å². The second-order valence-corrected chi connectivity index (χ2v) is 5.30. The van der Waals surface area contributed by atoms with E-state index in [4.69, 9.17) is 0 Å². The van der Waals surface area contributed by atoms with Gasteiger partial charge in [-0.05, 0) is 19.3 Å². The Hall–Kier alpha value is -1.15. The molecule has 0 bridgehead atoms. The number of rotatable bonds is 1.